The Balaban J connectivity index is 1.58. The average Bonchev–Trinajstić information content (AvgIpc) is 2.51. The summed E-state index contributed by atoms with van der Waals surface area (Å²) in [5, 5.41) is 10.1. The minimum Gasteiger partial charge on any atom is -0.389 e. The van der Waals surface area contributed by atoms with Gasteiger partial charge in [-0.3, -0.25) is 0 Å². The molecule has 0 aromatic heterocycles. The Bertz CT molecular complexity index is 377. The molecule has 1 heterocycles. The maximum atomic E-state index is 10.1. The van der Waals surface area contributed by atoms with Gasteiger partial charge in [-0.15, -0.1) is 0 Å². The van der Waals surface area contributed by atoms with Gasteiger partial charge in [0.25, 0.3) is 0 Å². The smallest absolute Gasteiger partial charge is 0.0900 e. The van der Waals surface area contributed by atoms with Gasteiger partial charge in [0.15, 0.2) is 0 Å². The SMILES string of the molecule is COCC1CCN(CC(O)COCc2ccccc2)CC1. The molecule has 0 radical (unpaired) electrons. The highest BCUT2D eigenvalue weighted by Crippen LogP contribution is 2.17. The van der Waals surface area contributed by atoms with Gasteiger partial charge in [0.05, 0.1) is 19.3 Å². The monoisotopic (exact) mass is 293 g/mol. The number of likely N-dealkylation sites (tertiary alicyclic amines) is 1. The summed E-state index contributed by atoms with van der Waals surface area (Å²) in [7, 11) is 1.76. The summed E-state index contributed by atoms with van der Waals surface area (Å²) in [6.07, 6.45) is 1.91. The van der Waals surface area contributed by atoms with Crippen LogP contribution < -0.4 is 0 Å². The topological polar surface area (TPSA) is 41.9 Å². The van der Waals surface area contributed by atoms with E-state index in [0.29, 0.717) is 25.7 Å². The molecule has 0 saturated carbocycles. The molecule has 1 aliphatic rings. The number of piperidine rings is 1. The summed E-state index contributed by atoms with van der Waals surface area (Å²) in [5.41, 5.74) is 1.14. The van der Waals surface area contributed by atoms with Crippen LogP contribution in [-0.4, -0.2) is 56.1 Å². The van der Waals surface area contributed by atoms with Gasteiger partial charge >= 0.3 is 0 Å². The van der Waals surface area contributed by atoms with Crippen LogP contribution in [0.3, 0.4) is 0 Å². The molecule has 1 unspecified atom stereocenters. The lowest BCUT2D eigenvalue weighted by molar-refractivity contribution is 0.00151. The van der Waals surface area contributed by atoms with Crippen molar-refractivity contribution < 1.29 is 14.6 Å². The number of ether oxygens (including phenoxy) is 2. The van der Waals surface area contributed by atoms with Crippen molar-refractivity contribution >= 4 is 0 Å². The zero-order valence-corrected chi connectivity index (χ0v) is 12.9. The highest BCUT2D eigenvalue weighted by molar-refractivity contribution is 5.13. The lowest BCUT2D eigenvalue weighted by Crippen LogP contribution is -2.40. The zero-order valence-electron chi connectivity index (χ0n) is 12.9. The first-order valence-electron chi connectivity index (χ1n) is 7.79. The Hall–Kier alpha value is -0.940. The third-order valence-electron chi connectivity index (χ3n) is 4.00. The summed E-state index contributed by atoms with van der Waals surface area (Å²) in [4.78, 5) is 2.32. The first-order chi connectivity index (χ1) is 10.3. The molecule has 4 nitrogen and oxygen atoms in total. The fourth-order valence-electron chi connectivity index (χ4n) is 2.81. The molecule has 1 aromatic rings. The summed E-state index contributed by atoms with van der Waals surface area (Å²) < 4.78 is 10.8. The van der Waals surface area contributed by atoms with Crippen molar-refractivity contribution in [2.75, 3.05) is 40.0 Å². The molecule has 1 atom stereocenters. The number of benzene rings is 1. The highest BCUT2D eigenvalue weighted by Gasteiger charge is 2.20. The Morgan fingerprint density at radius 1 is 1.24 bits per heavy atom. The lowest BCUT2D eigenvalue weighted by atomic mass is 9.97. The Labute approximate surface area is 127 Å². The zero-order chi connectivity index (χ0) is 14.9. The van der Waals surface area contributed by atoms with Crippen LogP contribution in [0.15, 0.2) is 30.3 Å². The molecule has 0 amide bonds. The van der Waals surface area contributed by atoms with E-state index in [1.807, 2.05) is 30.3 Å². The second-order valence-corrected chi connectivity index (χ2v) is 5.85. The van der Waals surface area contributed by atoms with E-state index in [9.17, 15) is 5.11 Å². The minimum absolute atomic E-state index is 0.396. The van der Waals surface area contributed by atoms with Crippen molar-refractivity contribution in [1.82, 2.24) is 4.90 Å². The fraction of sp³-hybridized carbons (Fsp3) is 0.647. The maximum absolute atomic E-state index is 10.1. The van der Waals surface area contributed by atoms with Crippen LogP contribution in [0.25, 0.3) is 0 Å². The van der Waals surface area contributed by atoms with Gasteiger partial charge in [-0.1, -0.05) is 30.3 Å². The maximum Gasteiger partial charge on any atom is 0.0900 e. The van der Waals surface area contributed by atoms with Crippen LogP contribution in [-0.2, 0) is 16.1 Å². The standard InChI is InChI=1S/C17H27NO3/c1-20-12-16-7-9-18(10-8-16)11-17(19)14-21-13-15-5-3-2-4-6-15/h2-6,16-17,19H,7-14H2,1H3. The number of aliphatic hydroxyl groups excluding tert-OH is 1. The quantitative estimate of drug-likeness (QED) is 0.795. The van der Waals surface area contributed by atoms with Crippen molar-refractivity contribution in [3.63, 3.8) is 0 Å². The number of rotatable bonds is 8. The summed E-state index contributed by atoms with van der Waals surface area (Å²) in [6, 6.07) is 10.1. The van der Waals surface area contributed by atoms with Crippen LogP contribution in [0, 0.1) is 5.92 Å². The number of hydrogen-bond acceptors (Lipinski definition) is 4. The summed E-state index contributed by atoms with van der Waals surface area (Å²) in [5.74, 6) is 0.678. The van der Waals surface area contributed by atoms with Crippen molar-refractivity contribution in [3.8, 4) is 0 Å². The molecule has 1 aromatic carbocycles. The van der Waals surface area contributed by atoms with E-state index in [1.54, 1.807) is 7.11 Å². The van der Waals surface area contributed by atoms with Gasteiger partial charge in [0.2, 0.25) is 0 Å². The molecule has 21 heavy (non-hydrogen) atoms. The van der Waals surface area contributed by atoms with Crippen LogP contribution in [0.1, 0.15) is 18.4 Å². The predicted molar refractivity (Wildman–Crippen MR) is 83.1 cm³/mol. The third kappa shape index (κ3) is 6.14. The van der Waals surface area contributed by atoms with Crippen molar-refractivity contribution in [1.29, 1.82) is 0 Å². The Morgan fingerprint density at radius 3 is 2.62 bits per heavy atom. The molecule has 2 rings (SSSR count). The summed E-state index contributed by atoms with van der Waals surface area (Å²) in [6.45, 7) is 4.61. The van der Waals surface area contributed by atoms with Gasteiger partial charge in [-0.05, 0) is 37.4 Å². The number of β-amino-alcohol motifs (C(OH)–C–C–N with tert-alkyl or cyclic N) is 1. The van der Waals surface area contributed by atoms with Gasteiger partial charge in [-0.25, -0.2) is 0 Å². The summed E-state index contributed by atoms with van der Waals surface area (Å²) >= 11 is 0. The van der Waals surface area contributed by atoms with Crippen LogP contribution in [0.5, 0.6) is 0 Å². The fourth-order valence-corrected chi connectivity index (χ4v) is 2.81. The van der Waals surface area contributed by atoms with E-state index >= 15 is 0 Å². The van der Waals surface area contributed by atoms with E-state index in [-0.39, 0.29) is 0 Å². The first-order valence-corrected chi connectivity index (χ1v) is 7.79. The normalized spacial score (nSPS) is 18.8. The van der Waals surface area contributed by atoms with Crippen LogP contribution >= 0.6 is 0 Å². The Morgan fingerprint density at radius 2 is 1.95 bits per heavy atom. The molecule has 1 fully saturated rings. The molecular formula is C17H27NO3. The Kier molecular flexibility index (Phi) is 7.16. The van der Waals surface area contributed by atoms with Gasteiger partial charge < -0.3 is 19.5 Å². The van der Waals surface area contributed by atoms with Gasteiger partial charge in [0.1, 0.15) is 0 Å². The minimum atomic E-state index is -0.410. The molecule has 1 N–H and O–H groups in total. The number of hydrogen-bond donors (Lipinski definition) is 1. The lowest BCUT2D eigenvalue weighted by Gasteiger charge is -2.32. The van der Waals surface area contributed by atoms with E-state index in [2.05, 4.69) is 4.90 Å². The van der Waals surface area contributed by atoms with Gasteiger partial charge in [0, 0.05) is 20.3 Å². The second-order valence-electron chi connectivity index (χ2n) is 5.85. The van der Waals surface area contributed by atoms with E-state index in [0.717, 1.165) is 38.1 Å². The van der Waals surface area contributed by atoms with E-state index < -0.39 is 6.10 Å². The number of methoxy groups -OCH3 is 1. The van der Waals surface area contributed by atoms with Crippen LogP contribution in [0.2, 0.25) is 0 Å². The second kappa shape index (κ2) is 9.15. The molecule has 1 saturated heterocycles. The molecule has 118 valence electrons. The molecule has 4 heteroatoms. The van der Waals surface area contributed by atoms with Crippen LogP contribution in [0.4, 0.5) is 0 Å². The molecular weight excluding hydrogens is 266 g/mol. The molecule has 0 spiro atoms. The first kappa shape index (κ1) is 16.4. The number of aliphatic hydroxyl groups is 1. The predicted octanol–water partition coefficient (Wildman–Crippen LogP) is 1.92. The molecule has 1 aliphatic heterocycles. The van der Waals surface area contributed by atoms with E-state index in [1.165, 1.54) is 0 Å². The number of nitrogens with zero attached hydrogens (tertiary/aromatic N) is 1. The highest BCUT2D eigenvalue weighted by atomic mass is 16.5. The van der Waals surface area contributed by atoms with Crippen molar-refractivity contribution in [2.45, 2.75) is 25.6 Å². The van der Waals surface area contributed by atoms with E-state index in [4.69, 9.17) is 9.47 Å². The van der Waals surface area contributed by atoms with Gasteiger partial charge in [-0.2, -0.15) is 0 Å². The molecule has 0 aliphatic carbocycles. The largest absolute Gasteiger partial charge is 0.389 e. The molecule has 0 bridgehead atoms. The average molecular weight is 293 g/mol. The van der Waals surface area contributed by atoms with Crippen molar-refractivity contribution in [2.24, 2.45) is 5.92 Å². The van der Waals surface area contributed by atoms with Crippen molar-refractivity contribution in [3.05, 3.63) is 35.9 Å². The third-order valence-corrected chi connectivity index (χ3v) is 4.00.